The molecule has 0 radical (unpaired) electrons. The van der Waals surface area contributed by atoms with E-state index in [1.807, 2.05) is 4.90 Å². The topological polar surface area (TPSA) is 28.5 Å². The Morgan fingerprint density at radius 3 is 2.50 bits per heavy atom. The molecule has 1 aromatic heterocycles. The molecule has 1 aromatic carbocycles. The van der Waals surface area contributed by atoms with Crippen LogP contribution in [0.4, 0.5) is 0 Å². The molecule has 0 N–H and O–H groups in total. The molecule has 1 saturated heterocycles. The average molecular weight is 299 g/mol. The maximum atomic E-state index is 12.7. The Labute approximate surface area is 132 Å². The summed E-state index contributed by atoms with van der Waals surface area (Å²) in [6, 6.07) is 8.35. The smallest absolute Gasteiger partial charge is 0.227 e. The van der Waals surface area contributed by atoms with Gasteiger partial charge >= 0.3 is 0 Å². The van der Waals surface area contributed by atoms with Gasteiger partial charge in [0.25, 0.3) is 0 Å². The Balaban J connectivity index is 1.79. The van der Waals surface area contributed by atoms with Crippen molar-refractivity contribution in [2.75, 3.05) is 32.7 Å². The van der Waals surface area contributed by atoms with Crippen molar-refractivity contribution in [3.8, 4) is 0 Å². The largest absolute Gasteiger partial charge is 0.348 e. The number of benzene rings is 1. The fourth-order valence-corrected chi connectivity index (χ4v) is 3.40. The van der Waals surface area contributed by atoms with Crippen molar-refractivity contribution in [3.05, 3.63) is 35.5 Å². The van der Waals surface area contributed by atoms with Crippen molar-refractivity contribution in [2.24, 2.45) is 7.05 Å². The van der Waals surface area contributed by atoms with E-state index < -0.39 is 0 Å². The zero-order valence-electron chi connectivity index (χ0n) is 13.8. The maximum Gasteiger partial charge on any atom is 0.227 e. The Morgan fingerprint density at radius 1 is 1.14 bits per heavy atom. The number of hydrogen-bond acceptors (Lipinski definition) is 2. The van der Waals surface area contributed by atoms with Crippen LogP contribution in [0.15, 0.2) is 24.3 Å². The number of hydrogen-bond donors (Lipinski definition) is 0. The number of nitrogens with zero attached hydrogens (tertiary/aromatic N) is 3. The molecule has 0 bridgehead atoms. The highest BCUT2D eigenvalue weighted by atomic mass is 16.2. The molecule has 3 rings (SSSR count). The van der Waals surface area contributed by atoms with E-state index >= 15 is 0 Å². The highest BCUT2D eigenvalue weighted by Gasteiger charge is 2.22. The molecule has 0 atom stereocenters. The Kier molecular flexibility index (Phi) is 4.21. The van der Waals surface area contributed by atoms with Gasteiger partial charge in [-0.1, -0.05) is 25.1 Å². The molecule has 1 aliphatic rings. The predicted molar refractivity (Wildman–Crippen MR) is 90.1 cm³/mol. The lowest BCUT2D eigenvalue weighted by Crippen LogP contribution is -2.48. The molecule has 1 aliphatic heterocycles. The molecule has 1 amide bonds. The molecule has 22 heavy (non-hydrogen) atoms. The summed E-state index contributed by atoms with van der Waals surface area (Å²) in [6.07, 6.45) is 0.513. The van der Waals surface area contributed by atoms with Crippen molar-refractivity contribution in [1.82, 2.24) is 14.4 Å². The van der Waals surface area contributed by atoms with E-state index in [0.29, 0.717) is 6.42 Å². The van der Waals surface area contributed by atoms with E-state index in [1.54, 1.807) is 0 Å². The normalized spacial score (nSPS) is 16.4. The Morgan fingerprint density at radius 2 is 1.82 bits per heavy atom. The van der Waals surface area contributed by atoms with Gasteiger partial charge in [-0.2, -0.15) is 0 Å². The second kappa shape index (κ2) is 6.13. The third-order valence-corrected chi connectivity index (χ3v) is 5.03. The van der Waals surface area contributed by atoms with E-state index in [-0.39, 0.29) is 5.91 Å². The molecule has 0 unspecified atom stereocenters. The summed E-state index contributed by atoms with van der Waals surface area (Å²) in [5, 5.41) is 1.21. The maximum absolute atomic E-state index is 12.7. The van der Waals surface area contributed by atoms with E-state index in [4.69, 9.17) is 0 Å². The Bertz CT molecular complexity index is 681. The van der Waals surface area contributed by atoms with Crippen molar-refractivity contribution >= 4 is 16.8 Å². The SMILES string of the molecule is CCN1CCN(C(=O)Cc2c(C)n(C)c3ccccc23)CC1. The third kappa shape index (κ3) is 2.63. The fourth-order valence-electron chi connectivity index (χ4n) is 3.40. The number of para-hydroxylation sites is 1. The summed E-state index contributed by atoms with van der Waals surface area (Å²) in [5.41, 5.74) is 3.58. The first-order chi connectivity index (χ1) is 10.6. The first-order valence-corrected chi connectivity index (χ1v) is 8.14. The van der Waals surface area contributed by atoms with Gasteiger partial charge in [0.2, 0.25) is 5.91 Å². The molecule has 4 heteroatoms. The van der Waals surface area contributed by atoms with Gasteiger partial charge in [0.1, 0.15) is 0 Å². The van der Waals surface area contributed by atoms with Crippen LogP contribution in [0.1, 0.15) is 18.2 Å². The van der Waals surface area contributed by atoms with Crippen LogP contribution >= 0.6 is 0 Å². The van der Waals surface area contributed by atoms with Crippen LogP contribution in [0.25, 0.3) is 10.9 Å². The van der Waals surface area contributed by atoms with Crippen molar-refractivity contribution < 1.29 is 4.79 Å². The summed E-state index contributed by atoms with van der Waals surface area (Å²) >= 11 is 0. The standard InChI is InChI=1S/C18H25N3O/c1-4-20-9-11-21(12-10-20)18(22)13-16-14(2)19(3)17-8-6-5-7-15(16)17/h5-8H,4,9-13H2,1-3H3. The zero-order chi connectivity index (χ0) is 15.7. The summed E-state index contributed by atoms with van der Waals surface area (Å²) in [7, 11) is 2.08. The first-order valence-electron chi connectivity index (χ1n) is 8.14. The van der Waals surface area contributed by atoms with Gasteiger partial charge in [-0.15, -0.1) is 0 Å². The number of fused-ring (bicyclic) bond motifs is 1. The van der Waals surface area contributed by atoms with Gasteiger partial charge in [0.15, 0.2) is 0 Å². The molecule has 0 aliphatic carbocycles. The minimum Gasteiger partial charge on any atom is -0.348 e. The molecule has 1 fully saturated rings. The van der Waals surface area contributed by atoms with Crippen LogP contribution in [0, 0.1) is 6.92 Å². The van der Waals surface area contributed by atoms with Gasteiger partial charge in [0.05, 0.1) is 6.42 Å². The fraction of sp³-hybridized carbons (Fsp3) is 0.500. The average Bonchev–Trinajstić information content (AvgIpc) is 2.80. The minimum absolute atomic E-state index is 0.259. The van der Waals surface area contributed by atoms with Crippen LogP contribution in [-0.2, 0) is 18.3 Å². The molecule has 118 valence electrons. The van der Waals surface area contributed by atoms with Gasteiger partial charge in [-0.05, 0) is 25.1 Å². The second-order valence-electron chi connectivity index (χ2n) is 6.13. The number of amides is 1. The number of carbonyl (C=O) groups is 1. The third-order valence-electron chi connectivity index (χ3n) is 5.03. The minimum atomic E-state index is 0.259. The van der Waals surface area contributed by atoms with E-state index in [9.17, 15) is 4.79 Å². The lowest BCUT2D eigenvalue weighted by molar-refractivity contribution is -0.132. The molecule has 2 heterocycles. The number of piperazine rings is 1. The molecule has 4 nitrogen and oxygen atoms in total. The zero-order valence-corrected chi connectivity index (χ0v) is 13.8. The van der Waals surface area contributed by atoms with E-state index in [2.05, 4.69) is 54.6 Å². The highest BCUT2D eigenvalue weighted by Crippen LogP contribution is 2.25. The van der Waals surface area contributed by atoms with E-state index in [0.717, 1.165) is 32.7 Å². The molecular weight excluding hydrogens is 274 g/mol. The van der Waals surface area contributed by atoms with Crippen LogP contribution < -0.4 is 0 Å². The number of rotatable bonds is 3. The lowest BCUT2D eigenvalue weighted by atomic mass is 10.1. The predicted octanol–water partition coefficient (Wildman–Crippen LogP) is 2.19. The summed E-state index contributed by atoms with van der Waals surface area (Å²) in [5.74, 6) is 0.259. The molecule has 0 spiro atoms. The van der Waals surface area contributed by atoms with Crippen LogP contribution in [0.5, 0.6) is 0 Å². The molecule has 2 aromatic rings. The number of aryl methyl sites for hydroxylation is 1. The summed E-state index contributed by atoms with van der Waals surface area (Å²) < 4.78 is 2.19. The lowest BCUT2D eigenvalue weighted by Gasteiger charge is -2.34. The Hall–Kier alpha value is -1.81. The van der Waals surface area contributed by atoms with E-state index in [1.165, 1.54) is 22.2 Å². The van der Waals surface area contributed by atoms with Crippen molar-refractivity contribution in [3.63, 3.8) is 0 Å². The number of likely N-dealkylation sites (N-methyl/N-ethyl adjacent to an activating group) is 1. The second-order valence-corrected chi connectivity index (χ2v) is 6.13. The first kappa shape index (κ1) is 15.1. The van der Waals surface area contributed by atoms with Crippen LogP contribution in [0.3, 0.4) is 0 Å². The number of aromatic nitrogens is 1. The van der Waals surface area contributed by atoms with Crippen LogP contribution in [0.2, 0.25) is 0 Å². The molecule has 0 saturated carbocycles. The molecular formula is C18H25N3O. The van der Waals surface area contributed by atoms with Crippen LogP contribution in [-0.4, -0.2) is 53.0 Å². The monoisotopic (exact) mass is 299 g/mol. The number of carbonyl (C=O) groups excluding carboxylic acids is 1. The van der Waals surface area contributed by atoms with Gasteiger partial charge < -0.3 is 14.4 Å². The summed E-state index contributed by atoms with van der Waals surface area (Å²) in [6.45, 7) is 9.07. The summed E-state index contributed by atoms with van der Waals surface area (Å²) in [4.78, 5) is 17.1. The van der Waals surface area contributed by atoms with Crippen molar-refractivity contribution in [2.45, 2.75) is 20.3 Å². The highest BCUT2D eigenvalue weighted by molar-refractivity contribution is 5.90. The quantitative estimate of drug-likeness (QED) is 0.869. The van der Waals surface area contributed by atoms with Crippen molar-refractivity contribution in [1.29, 1.82) is 0 Å². The van der Waals surface area contributed by atoms with Gasteiger partial charge in [-0.25, -0.2) is 0 Å². The van der Waals surface area contributed by atoms with Gasteiger partial charge in [0, 0.05) is 49.8 Å². The van der Waals surface area contributed by atoms with Gasteiger partial charge in [-0.3, -0.25) is 4.79 Å².